The van der Waals surface area contributed by atoms with Gasteiger partial charge < -0.3 is 5.32 Å². The van der Waals surface area contributed by atoms with E-state index in [2.05, 4.69) is 20.3 Å². The third kappa shape index (κ3) is 6.44. The molecule has 0 unspecified atom stereocenters. The maximum atomic E-state index is 11.9. The number of carbonyl (C=O) groups is 1. The van der Waals surface area contributed by atoms with Crippen LogP contribution in [0.4, 0.5) is 9.93 Å². The Bertz CT molecular complexity index is 856. The van der Waals surface area contributed by atoms with Gasteiger partial charge in [0.25, 0.3) is 0 Å². The van der Waals surface area contributed by atoms with Gasteiger partial charge in [-0.05, 0) is 24.6 Å². The number of nitrogens with one attached hydrogen (secondary N) is 3. The molecule has 2 aromatic rings. The lowest BCUT2D eigenvalue weighted by atomic mass is 10.2. The third-order valence-corrected chi connectivity index (χ3v) is 5.95. The van der Waals surface area contributed by atoms with Crippen molar-refractivity contribution < 1.29 is 13.2 Å². The van der Waals surface area contributed by atoms with Crippen molar-refractivity contribution in [2.75, 3.05) is 11.1 Å². The molecule has 0 radical (unpaired) electrons. The SMILES string of the molecule is CCS(=O)(=O)NCc1csc(NC(=O)NCc2ccc(Cl)c(Cl)c2)n1. The summed E-state index contributed by atoms with van der Waals surface area (Å²) in [5.74, 6) is -0.000630. The normalized spacial score (nSPS) is 11.3. The second-order valence-corrected chi connectivity index (χ2v) is 8.69. The number of nitrogens with zero attached hydrogens (tertiary/aromatic N) is 1. The molecule has 0 aliphatic rings. The quantitative estimate of drug-likeness (QED) is 0.637. The molecule has 0 bridgehead atoms. The van der Waals surface area contributed by atoms with Gasteiger partial charge in [0.15, 0.2) is 5.13 Å². The second-order valence-electron chi connectivity index (χ2n) is 4.92. The smallest absolute Gasteiger partial charge is 0.321 e. The summed E-state index contributed by atoms with van der Waals surface area (Å²) < 4.78 is 25.2. The van der Waals surface area contributed by atoms with Gasteiger partial charge in [-0.2, -0.15) is 0 Å². The Hall–Kier alpha value is -1.39. The van der Waals surface area contributed by atoms with Crippen LogP contribution in [0, 0.1) is 0 Å². The predicted octanol–water partition coefficient (Wildman–Crippen LogP) is 3.21. The van der Waals surface area contributed by atoms with Gasteiger partial charge in [0, 0.05) is 11.9 Å². The van der Waals surface area contributed by atoms with Crippen LogP contribution in [0.25, 0.3) is 0 Å². The Kier molecular flexibility index (Phi) is 7.03. The van der Waals surface area contributed by atoms with E-state index in [1.54, 1.807) is 30.5 Å². The molecule has 0 spiro atoms. The molecule has 1 heterocycles. The highest BCUT2D eigenvalue weighted by atomic mass is 35.5. The average Bonchev–Trinajstić information content (AvgIpc) is 3.02. The van der Waals surface area contributed by atoms with E-state index in [1.165, 1.54) is 11.3 Å². The molecule has 2 rings (SSSR count). The zero-order valence-corrected chi connectivity index (χ0v) is 16.3. The van der Waals surface area contributed by atoms with Crippen LogP contribution in [0.1, 0.15) is 18.2 Å². The van der Waals surface area contributed by atoms with Crippen LogP contribution in [0.15, 0.2) is 23.6 Å². The minimum Gasteiger partial charge on any atom is -0.334 e. The van der Waals surface area contributed by atoms with Gasteiger partial charge in [0.05, 0.1) is 28.0 Å². The summed E-state index contributed by atoms with van der Waals surface area (Å²) in [5, 5.41) is 8.17. The van der Waals surface area contributed by atoms with Crippen LogP contribution in [-0.2, 0) is 23.1 Å². The molecule has 2 amide bonds. The highest BCUT2D eigenvalue weighted by Gasteiger charge is 2.10. The molecule has 0 saturated carbocycles. The number of carbonyl (C=O) groups excluding carboxylic acids is 1. The summed E-state index contributed by atoms with van der Waals surface area (Å²) in [4.78, 5) is 16.0. The van der Waals surface area contributed by atoms with Gasteiger partial charge in [0.2, 0.25) is 10.0 Å². The summed E-state index contributed by atoms with van der Waals surface area (Å²) >= 11 is 13.0. The van der Waals surface area contributed by atoms with Crippen molar-refractivity contribution in [1.29, 1.82) is 0 Å². The van der Waals surface area contributed by atoms with Crippen molar-refractivity contribution in [2.24, 2.45) is 0 Å². The Morgan fingerprint density at radius 2 is 2.00 bits per heavy atom. The fourth-order valence-corrected chi connectivity index (χ4v) is 3.30. The van der Waals surface area contributed by atoms with Crippen LogP contribution in [0.3, 0.4) is 0 Å². The number of thiazole rings is 1. The Morgan fingerprint density at radius 3 is 2.68 bits per heavy atom. The molecule has 3 N–H and O–H groups in total. The molecule has 0 atom stereocenters. The summed E-state index contributed by atoms with van der Waals surface area (Å²) in [7, 11) is -3.28. The van der Waals surface area contributed by atoms with Crippen LogP contribution in [0.2, 0.25) is 10.0 Å². The van der Waals surface area contributed by atoms with Gasteiger partial charge in [-0.1, -0.05) is 29.3 Å². The molecule has 1 aromatic heterocycles. The molecule has 136 valence electrons. The van der Waals surface area contributed by atoms with Crippen LogP contribution in [0.5, 0.6) is 0 Å². The van der Waals surface area contributed by atoms with Crippen molar-refractivity contribution in [1.82, 2.24) is 15.0 Å². The summed E-state index contributed by atoms with van der Waals surface area (Å²) in [6.07, 6.45) is 0. The number of hydrogen-bond acceptors (Lipinski definition) is 5. The van der Waals surface area contributed by atoms with Crippen molar-refractivity contribution >= 4 is 55.7 Å². The van der Waals surface area contributed by atoms with Gasteiger partial charge in [-0.15, -0.1) is 11.3 Å². The molecule has 1 aromatic carbocycles. The largest absolute Gasteiger partial charge is 0.334 e. The number of rotatable bonds is 7. The van der Waals surface area contributed by atoms with E-state index in [4.69, 9.17) is 23.2 Å². The molecule has 11 heteroatoms. The number of amides is 2. The van der Waals surface area contributed by atoms with Crippen LogP contribution < -0.4 is 15.4 Å². The van der Waals surface area contributed by atoms with Gasteiger partial charge in [0.1, 0.15) is 0 Å². The topological polar surface area (TPSA) is 100 Å². The Balaban J connectivity index is 1.83. The van der Waals surface area contributed by atoms with Crippen molar-refractivity contribution in [3.63, 3.8) is 0 Å². The van der Waals surface area contributed by atoms with E-state index in [0.717, 1.165) is 5.56 Å². The first-order valence-corrected chi connectivity index (χ1v) is 10.5. The first-order chi connectivity index (χ1) is 11.8. The predicted molar refractivity (Wildman–Crippen MR) is 101 cm³/mol. The summed E-state index contributed by atoms with van der Waals surface area (Å²) in [6.45, 7) is 1.91. The number of sulfonamides is 1. The van der Waals surface area contributed by atoms with Crippen LogP contribution in [-0.4, -0.2) is 25.2 Å². The lowest BCUT2D eigenvalue weighted by Crippen LogP contribution is -2.28. The Labute approximate surface area is 159 Å². The standard InChI is InChI=1S/C14H16Cl2N4O3S2/c1-2-25(22,23)18-7-10-8-24-14(19-10)20-13(21)17-6-9-3-4-11(15)12(16)5-9/h3-5,8,18H,2,6-7H2,1H3,(H2,17,19,20,21). The monoisotopic (exact) mass is 422 g/mol. The zero-order chi connectivity index (χ0) is 18.4. The lowest BCUT2D eigenvalue weighted by Gasteiger charge is -2.06. The molecule has 25 heavy (non-hydrogen) atoms. The molecular weight excluding hydrogens is 407 g/mol. The summed E-state index contributed by atoms with van der Waals surface area (Å²) in [6, 6.07) is 4.66. The van der Waals surface area contributed by atoms with Crippen LogP contribution >= 0.6 is 34.5 Å². The van der Waals surface area contributed by atoms with Gasteiger partial charge in [-0.25, -0.2) is 22.9 Å². The first kappa shape index (κ1) is 19.9. The molecule has 0 aliphatic carbocycles. The maximum absolute atomic E-state index is 11.9. The maximum Gasteiger partial charge on any atom is 0.321 e. The summed E-state index contributed by atoms with van der Waals surface area (Å²) in [5.41, 5.74) is 1.33. The molecular formula is C14H16Cl2N4O3S2. The third-order valence-electron chi connectivity index (χ3n) is 3.06. The highest BCUT2D eigenvalue weighted by molar-refractivity contribution is 7.89. The van der Waals surface area contributed by atoms with Gasteiger partial charge >= 0.3 is 6.03 Å². The fraction of sp³-hybridized carbons (Fsp3) is 0.286. The first-order valence-electron chi connectivity index (χ1n) is 7.19. The average molecular weight is 423 g/mol. The van der Waals surface area contributed by atoms with Crippen molar-refractivity contribution in [3.05, 3.63) is 44.9 Å². The van der Waals surface area contributed by atoms with E-state index in [-0.39, 0.29) is 18.8 Å². The van der Waals surface area contributed by atoms with Gasteiger partial charge in [-0.3, -0.25) is 5.32 Å². The lowest BCUT2D eigenvalue weighted by molar-refractivity contribution is 0.251. The highest BCUT2D eigenvalue weighted by Crippen LogP contribution is 2.22. The number of halogens is 2. The van der Waals surface area contributed by atoms with E-state index in [1.807, 2.05) is 0 Å². The molecule has 7 nitrogen and oxygen atoms in total. The zero-order valence-electron chi connectivity index (χ0n) is 13.2. The van der Waals surface area contributed by atoms with E-state index < -0.39 is 16.1 Å². The van der Waals surface area contributed by atoms with E-state index in [9.17, 15) is 13.2 Å². The second kappa shape index (κ2) is 8.81. The number of aromatic nitrogens is 1. The number of hydrogen-bond donors (Lipinski definition) is 3. The molecule has 0 aliphatic heterocycles. The number of benzene rings is 1. The molecule has 0 saturated heterocycles. The number of anilines is 1. The van der Waals surface area contributed by atoms with E-state index in [0.29, 0.717) is 20.9 Å². The minimum absolute atomic E-state index is 0.000630. The van der Waals surface area contributed by atoms with Crippen molar-refractivity contribution in [3.8, 4) is 0 Å². The van der Waals surface area contributed by atoms with E-state index >= 15 is 0 Å². The number of urea groups is 1. The van der Waals surface area contributed by atoms with Crippen molar-refractivity contribution in [2.45, 2.75) is 20.0 Å². The fourth-order valence-electron chi connectivity index (χ4n) is 1.70. The molecule has 0 fully saturated rings. The Morgan fingerprint density at radius 1 is 1.24 bits per heavy atom. The minimum atomic E-state index is -3.28.